The van der Waals surface area contributed by atoms with Gasteiger partial charge in [0.15, 0.2) is 11.8 Å². The van der Waals surface area contributed by atoms with Gasteiger partial charge in [0.25, 0.3) is 0 Å². The van der Waals surface area contributed by atoms with Crippen molar-refractivity contribution in [2.24, 2.45) is 4.99 Å². The van der Waals surface area contributed by atoms with Gasteiger partial charge in [0.1, 0.15) is 0 Å². The summed E-state index contributed by atoms with van der Waals surface area (Å²) in [5, 5.41) is 10.5. The van der Waals surface area contributed by atoms with Crippen molar-refractivity contribution < 1.29 is 4.52 Å². The van der Waals surface area contributed by atoms with E-state index in [2.05, 4.69) is 44.8 Å². The van der Waals surface area contributed by atoms with Gasteiger partial charge in [-0.15, -0.1) is 11.3 Å². The van der Waals surface area contributed by atoms with Gasteiger partial charge in [-0.05, 0) is 18.6 Å². The monoisotopic (exact) mass is 335 g/mol. The Balaban J connectivity index is 1.74. The van der Waals surface area contributed by atoms with E-state index < -0.39 is 0 Å². The van der Waals surface area contributed by atoms with Gasteiger partial charge in [0.05, 0.1) is 6.54 Å². The number of aromatic nitrogens is 2. The number of nitrogens with zero attached hydrogens (tertiary/aromatic N) is 3. The van der Waals surface area contributed by atoms with E-state index in [-0.39, 0.29) is 5.92 Å². The average molecular weight is 335 g/mol. The van der Waals surface area contributed by atoms with Gasteiger partial charge in [-0.2, -0.15) is 4.98 Å². The van der Waals surface area contributed by atoms with Crippen molar-refractivity contribution in [3.63, 3.8) is 0 Å². The van der Waals surface area contributed by atoms with Crippen molar-refractivity contribution in [2.75, 3.05) is 13.6 Å². The second-order valence-corrected chi connectivity index (χ2v) is 6.78. The number of nitrogens with one attached hydrogen (secondary N) is 2. The van der Waals surface area contributed by atoms with Crippen LogP contribution in [0.15, 0.2) is 21.6 Å². The first-order valence-electron chi connectivity index (χ1n) is 7.97. The molecule has 0 aliphatic heterocycles. The molecule has 23 heavy (non-hydrogen) atoms. The van der Waals surface area contributed by atoms with Crippen LogP contribution < -0.4 is 10.6 Å². The largest absolute Gasteiger partial charge is 0.356 e. The molecule has 0 saturated heterocycles. The Kier molecular flexibility index (Phi) is 6.58. The van der Waals surface area contributed by atoms with Gasteiger partial charge in [-0.25, -0.2) is 0 Å². The zero-order valence-electron chi connectivity index (χ0n) is 14.2. The highest BCUT2D eigenvalue weighted by Gasteiger charge is 2.09. The smallest absolute Gasteiger partial charge is 0.228 e. The molecule has 0 amide bonds. The Labute approximate surface area is 141 Å². The maximum absolute atomic E-state index is 5.23. The normalized spacial score (nSPS) is 12.0. The third kappa shape index (κ3) is 5.35. The summed E-state index contributed by atoms with van der Waals surface area (Å²) in [4.78, 5) is 11.3. The summed E-state index contributed by atoms with van der Waals surface area (Å²) in [5.41, 5.74) is 0. The highest BCUT2D eigenvalue weighted by atomic mass is 32.1. The van der Waals surface area contributed by atoms with Crippen LogP contribution in [0.2, 0.25) is 0 Å². The topological polar surface area (TPSA) is 75.3 Å². The lowest BCUT2D eigenvalue weighted by molar-refractivity contribution is 0.371. The molecule has 7 heteroatoms. The molecule has 2 heterocycles. The van der Waals surface area contributed by atoms with Crippen LogP contribution in [0.1, 0.15) is 48.2 Å². The molecule has 126 valence electrons. The summed E-state index contributed by atoms with van der Waals surface area (Å²) in [6, 6.07) is 4.34. The minimum Gasteiger partial charge on any atom is -0.356 e. The molecular weight excluding hydrogens is 310 g/mol. The molecule has 2 rings (SSSR count). The predicted octanol–water partition coefficient (Wildman–Crippen LogP) is 2.72. The number of rotatable bonds is 7. The van der Waals surface area contributed by atoms with E-state index in [9.17, 15) is 0 Å². The van der Waals surface area contributed by atoms with Crippen molar-refractivity contribution in [1.29, 1.82) is 0 Å². The zero-order chi connectivity index (χ0) is 16.7. The Morgan fingerprint density at radius 2 is 2.09 bits per heavy atom. The average Bonchev–Trinajstić information content (AvgIpc) is 3.19. The van der Waals surface area contributed by atoms with Gasteiger partial charge < -0.3 is 15.2 Å². The second kappa shape index (κ2) is 8.67. The minimum atomic E-state index is 0.286. The van der Waals surface area contributed by atoms with Crippen molar-refractivity contribution >= 4 is 17.3 Å². The van der Waals surface area contributed by atoms with Crippen LogP contribution in [0, 0.1) is 0 Å². The number of guanidine groups is 1. The fraction of sp³-hybridized carbons (Fsp3) is 0.562. The molecule has 0 saturated carbocycles. The van der Waals surface area contributed by atoms with Crippen LogP contribution in [0.3, 0.4) is 0 Å². The van der Waals surface area contributed by atoms with E-state index >= 15 is 0 Å². The Morgan fingerprint density at radius 3 is 2.70 bits per heavy atom. The van der Waals surface area contributed by atoms with Crippen molar-refractivity contribution in [1.82, 2.24) is 20.8 Å². The molecule has 0 fully saturated rings. The number of aryl methyl sites for hydroxylation is 1. The zero-order valence-corrected chi connectivity index (χ0v) is 15.0. The Bertz CT molecular complexity index is 632. The van der Waals surface area contributed by atoms with Gasteiger partial charge >= 0.3 is 0 Å². The van der Waals surface area contributed by atoms with Crippen LogP contribution in [0.4, 0.5) is 0 Å². The molecule has 0 unspecified atom stereocenters. The van der Waals surface area contributed by atoms with Crippen LogP contribution >= 0.6 is 11.3 Å². The van der Waals surface area contributed by atoms with E-state index in [0.29, 0.717) is 18.9 Å². The summed E-state index contributed by atoms with van der Waals surface area (Å²) in [7, 11) is 1.77. The van der Waals surface area contributed by atoms with Crippen molar-refractivity contribution in [3.05, 3.63) is 33.6 Å². The third-order valence-electron chi connectivity index (χ3n) is 3.35. The number of thiophene rings is 1. The van der Waals surface area contributed by atoms with Gasteiger partial charge in [-0.3, -0.25) is 4.99 Å². The van der Waals surface area contributed by atoms with E-state index in [1.54, 1.807) is 7.05 Å². The van der Waals surface area contributed by atoms with Crippen molar-refractivity contribution in [3.8, 4) is 0 Å². The van der Waals surface area contributed by atoms with Gasteiger partial charge in [0.2, 0.25) is 5.89 Å². The van der Waals surface area contributed by atoms with E-state index in [4.69, 9.17) is 4.52 Å². The van der Waals surface area contributed by atoms with Gasteiger partial charge in [-0.1, -0.05) is 25.9 Å². The molecule has 2 N–H and O–H groups in total. The highest BCUT2D eigenvalue weighted by Crippen LogP contribution is 2.16. The molecule has 0 bridgehead atoms. The first-order valence-corrected chi connectivity index (χ1v) is 8.78. The molecule has 0 radical (unpaired) electrons. The maximum atomic E-state index is 5.23. The number of hydrogen-bond acceptors (Lipinski definition) is 5. The summed E-state index contributed by atoms with van der Waals surface area (Å²) >= 11 is 1.83. The lowest BCUT2D eigenvalue weighted by Gasteiger charge is -2.10. The van der Waals surface area contributed by atoms with Crippen LogP contribution in [0.5, 0.6) is 0 Å². The molecule has 6 nitrogen and oxygen atoms in total. The number of hydrogen-bond donors (Lipinski definition) is 2. The summed E-state index contributed by atoms with van der Waals surface area (Å²) in [6.45, 7) is 7.75. The highest BCUT2D eigenvalue weighted by molar-refractivity contribution is 7.11. The fourth-order valence-electron chi connectivity index (χ4n) is 1.99. The standard InChI is InChI=1S/C16H25N5OS/c1-5-12-6-7-13(23-12)10-19-16(17-4)18-9-8-14-20-15(11(2)3)21-22-14/h6-7,11H,5,8-10H2,1-4H3,(H2,17,18,19). The molecule has 0 atom stereocenters. The Morgan fingerprint density at radius 1 is 1.30 bits per heavy atom. The third-order valence-corrected chi connectivity index (χ3v) is 4.58. The molecule has 0 aliphatic carbocycles. The van der Waals surface area contributed by atoms with E-state index in [1.807, 2.05) is 25.2 Å². The lowest BCUT2D eigenvalue weighted by atomic mass is 10.2. The molecule has 2 aromatic rings. The first kappa shape index (κ1) is 17.5. The molecule has 0 spiro atoms. The summed E-state index contributed by atoms with van der Waals surface area (Å²) < 4.78 is 5.23. The SMILES string of the molecule is CCc1ccc(CNC(=NC)NCCc2nc(C(C)C)no2)s1. The lowest BCUT2D eigenvalue weighted by Crippen LogP contribution is -2.37. The summed E-state index contributed by atoms with van der Waals surface area (Å²) in [5.74, 6) is 2.48. The van der Waals surface area contributed by atoms with Crippen LogP contribution in [-0.2, 0) is 19.4 Å². The summed E-state index contributed by atoms with van der Waals surface area (Å²) in [6.07, 6.45) is 1.76. The predicted molar refractivity (Wildman–Crippen MR) is 94.0 cm³/mol. The fourth-order valence-corrected chi connectivity index (χ4v) is 2.89. The van der Waals surface area contributed by atoms with Crippen LogP contribution in [-0.4, -0.2) is 29.7 Å². The van der Waals surface area contributed by atoms with Crippen LogP contribution in [0.25, 0.3) is 0 Å². The van der Waals surface area contributed by atoms with Gasteiger partial charge in [0, 0.05) is 35.7 Å². The quantitative estimate of drug-likeness (QED) is 0.601. The maximum Gasteiger partial charge on any atom is 0.228 e. The Hall–Kier alpha value is -1.89. The first-order chi connectivity index (χ1) is 11.1. The molecule has 0 aromatic carbocycles. The number of aliphatic imine (C=N–C) groups is 1. The molecule has 2 aromatic heterocycles. The van der Waals surface area contributed by atoms with Crippen molar-refractivity contribution in [2.45, 2.75) is 46.1 Å². The van der Waals surface area contributed by atoms with E-state index in [1.165, 1.54) is 9.75 Å². The molecule has 0 aliphatic rings. The second-order valence-electron chi connectivity index (χ2n) is 5.53. The molecular formula is C16H25N5OS. The minimum absolute atomic E-state index is 0.286. The van der Waals surface area contributed by atoms with E-state index in [0.717, 1.165) is 24.7 Å².